The molecule has 1 atom stereocenters. The van der Waals surface area contributed by atoms with Gasteiger partial charge in [0.2, 0.25) is 0 Å². The number of hydrogen-bond acceptors (Lipinski definition) is 5. The predicted octanol–water partition coefficient (Wildman–Crippen LogP) is 5.20. The van der Waals surface area contributed by atoms with Crippen molar-refractivity contribution in [3.05, 3.63) is 83.7 Å². The number of hydrogen-bond donors (Lipinski definition) is 2. The second-order valence-electron chi connectivity index (χ2n) is 8.32. The number of rotatable bonds is 4. The fraction of sp³-hybridized carbons (Fsp3) is 0.192. The first-order valence-electron chi connectivity index (χ1n) is 10.9. The van der Waals surface area contributed by atoms with Gasteiger partial charge in [0.05, 0.1) is 11.1 Å². The number of phenols is 1. The maximum Gasteiger partial charge on any atom is 0.251 e. The first-order valence-corrected chi connectivity index (χ1v) is 10.9. The van der Waals surface area contributed by atoms with Crippen LogP contribution in [-0.4, -0.2) is 40.1 Å². The second kappa shape index (κ2) is 8.50. The van der Waals surface area contributed by atoms with Crippen molar-refractivity contribution in [2.45, 2.75) is 19.4 Å². The lowest BCUT2D eigenvalue weighted by Crippen LogP contribution is -2.37. The SMILES string of the molecule is Cc1ccc2c(N3CC[C@@H](NC(=O)c4cccc(F)c4)C3)nc(-c3ccccc3O)nc2c1.[HH].[HH].[HH]. The number of benzene rings is 3. The Labute approximate surface area is 195 Å². The molecule has 0 radical (unpaired) electrons. The summed E-state index contributed by atoms with van der Waals surface area (Å²) in [6.45, 7) is 3.28. The first-order chi connectivity index (χ1) is 16.0. The molecule has 1 aliphatic rings. The predicted molar refractivity (Wildman–Crippen MR) is 132 cm³/mol. The lowest BCUT2D eigenvalue weighted by atomic mass is 10.1. The van der Waals surface area contributed by atoms with Gasteiger partial charge in [-0.2, -0.15) is 0 Å². The quantitative estimate of drug-likeness (QED) is 0.449. The normalized spacial score (nSPS) is 15.7. The molecule has 1 aliphatic heterocycles. The lowest BCUT2D eigenvalue weighted by Gasteiger charge is -2.21. The molecule has 0 saturated carbocycles. The number of phenolic OH excluding ortho intramolecular Hbond substituents is 1. The van der Waals surface area contributed by atoms with E-state index >= 15 is 0 Å². The van der Waals surface area contributed by atoms with E-state index in [1.807, 2.05) is 31.2 Å². The van der Waals surface area contributed by atoms with Crippen LogP contribution in [0.3, 0.4) is 0 Å². The third-order valence-corrected chi connectivity index (χ3v) is 5.89. The van der Waals surface area contributed by atoms with Crippen molar-refractivity contribution < 1.29 is 18.6 Å². The van der Waals surface area contributed by atoms with E-state index in [0.29, 0.717) is 30.0 Å². The zero-order valence-corrected chi connectivity index (χ0v) is 18.1. The largest absolute Gasteiger partial charge is 0.507 e. The lowest BCUT2D eigenvalue weighted by molar-refractivity contribution is 0.0940. The van der Waals surface area contributed by atoms with Gasteiger partial charge < -0.3 is 15.3 Å². The minimum atomic E-state index is -0.435. The Bertz CT molecular complexity index is 1370. The zero-order valence-electron chi connectivity index (χ0n) is 18.1. The molecule has 1 amide bonds. The molecule has 3 aromatic carbocycles. The van der Waals surface area contributed by atoms with Crippen molar-refractivity contribution in [1.82, 2.24) is 15.3 Å². The zero-order chi connectivity index (χ0) is 22.9. The summed E-state index contributed by atoms with van der Waals surface area (Å²) >= 11 is 0. The van der Waals surface area contributed by atoms with Crippen molar-refractivity contribution in [3.8, 4) is 17.1 Å². The van der Waals surface area contributed by atoms with Crippen LogP contribution in [0.25, 0.3) is 22.3 Å². The molecule has 0 bridgehead atoms. The summed E-state index contributed by atoms with van der Waals surface area (Å²) in [7, 11) is 0. The first kappa shape index (κ1) is 20.9. The summed E-state index contributed by atoms with van der Waals surface area (Å²) in [5.41, 5.74) is 2.75. The number of carbonyl (C=O) groups excluding carboxylic acids is 1. The highest BCUT2D eigenvalue weighted by molar-refractivity contribution is 5.95. The highest BCUT2D eigenvalue weighted by Crippen LogP contribution is 2.33. The molecule has 1 saturated heterocycles. The van der Waals surface area contributed by atoms with Crippen LogP contribution in [0.2, 0.25) is 0 Å². The van der Waals surface area contributed by atoms with Crippen LogP contribution in [-0.2, 0) is 0 Å². The summed E-state index contributed by atoms with van der Waals surface area (Å²) in [5.74, 6) is 0.612. The molecular weight excluding hydrogens is 419 g/mol. The van der Waals surface area contributed by atoms with Gasteiger partial charge in [-0.1, -0.05) is 24.3 Å². The van der Waals surface area contributed by atoms with Crippen LogP contribution in [0.15, 0.2) is 66.7 Å². The molecule has 1 aromatic heterocycles. The van der Waals surface area contributed by atoms with Crippen molar-refractivity contribution in [1.29, 1.82) is 0 Å². The molecule has 7 heteroatoms. The number of anilines is 1. The molecule has 4 aromatic rings. The molecule has 2 N–H and O–H groups in total. The number of para-hydroxylation sites is 1. The van der Waals surface area contributed by atoms with E-state index in [0.717, 1.165) is 28.7 Å². The minimum absolute atomic E-state index is 0. The van der Waals surface area contributed by atoms with E-state index < -0.39 is 5.82 Å². The van der Waals surface area contributed by atoms with Gasteiger partial charge in [-0.3, -0.25) is 4.79 Å². The number of amides is 1. The number of fused-ring (bicyclic) bond motifs is 1. The smallest absolute Gasteiger partial charge is 0.251 e. The third-order valence-electron chi connectivity index (χ3n) is 5.89. The summed E-state index contributed by atoms with van der Waals surface area (Å²) in [6.07, 6.45) is 0.740. The van der Waals surface area contributed by atoms with Crippen LogP contribution < -0.4 is 10.2 Å². The molecule has 0 spiro atoms. The van der Waals surface area contributed by atoms with Crippen LogP contribution >= 0.6 is 0 Å². The Balaban J connectivity index is 0.00000152. The fourth-order valence-corrected chi connectivity index (χ4v) is 4.22. The van der Waals surface area contributed by atoms with Gasteiger partial charge >= 0.3 is 0 Å². The van der Waals surface area contributed by atoms with Crippen molar-refractivity contribution in [2.75, 3.05) is 18.0 Å². The molecule has 5 rings (SSSR count). The van der Waals surface area contributed by atoms with Crippen LogP contribution in [0.1, 0.15) is 26.6 Å². The van der Waals surface area contributed by atoms with E-state index in [2.05, 4.69) is 10.2 Å². The Morgan fingerprint density at radius 3 is 2.79 bits per heavy atom. The van der Waals surface area contributed by atoms with Gasteiger partial charge in [0.25, 0.3) is 5.91 Å². The minimum Gasteiger partial charge on any atom is -0.507 e. The highest BCUT2D eigenvalue weighted by atomic mass is 19.1. The molecule has 172 valence electrons. The van der Waals surface area contributed by atoms with Crippen molar-refractivity contribution in [2.24, 2.45) is 0 Å². The second-order valence-corrected chi connectivity index (χ2v) is 8.32. The van der Waals surface area contributed by atoms with Gasteiger partial charge in [-0.25, -0.2) is 14.4 Å². The number of aromatic hydroxyl groups is 1. The van der Waals surface area contributed by atoms with Gasteiger partial charge in [-0.05, 0) is 61.4 Å². The van der Waals surface area contributed by atoms with E-state index in [1.165, 1.54) is 18.2 Å². The molecule has 6 nitrogen and oxygen atoms in total. The Morgan fingerprint density at radius 2 is 1.97 bits per heavy atom. The van der Waals surface area contributed by atoms with Gasteiger partial charge in [0.15, 0.2) is 5.82 Å². The van der Waals surface area contributed by atoms with Crippen molar-refractivity contribution in [3.63, 3.8) is 0 Å². The average molecular weight is 449 g/mol. The van der Waals surface area contributed by atoms with E-state index in [1.54, 1.807) is 24.3 Å². The molecule has 0 unspecified atom stereocenters. The Kier molecular flexibility index (Phi) is 5.38. The molecule has 2 heterocycles. The monoisotopic (exact) mass is 448 g/mol. The third kappa shape index (κ3) is 4.22. The van der Waals surface area contributed by atoms with Crippen LogP contribution in [0, 0.1) is 12.7 Å². The number of aryl methyl sites for hydroxylation is 1. The van der Waals surface area contributed by atoms with Gasteiger partial charge in [-0.15, -0.1) is 0 Å². The van der Waals surface area contributed by atoms with Crippen LogP contribution in [0.4, 0.5) is 10.2 Å². The van der Waals surface area contributed by atoms with E-state index in [4.69, 9.17) is 9.97 Å². The molecular formula is C26H29FN4O2. The number of nitrogens with zero attached hydrogens (tertiary/aromatic N) is 3. The van der Waals surface area contributed by atoms with Crippen LogP contribution in [0.5, 0.6) is 5.75 Å². The maximum atomic E-state index is 13.5. The van der Waals surface area contributed by atoms with Gasteiger partial charge in [0, 0.05) is 34.4 Å². The summed E-state index contributed by atoms with van der Waals surface area (Å²) in [6, 6.07) is 18.6. The number of carbonyl (C=O) groups is 1. The topological polar surface area (TPSA) is 78.4 Å². The summed E-state index contributed by atoms with van der Waals surface area (Å²) < 4.78 is 13.5. The van der Waals surface area contributed by atoms with Crippen molar-refractivity contribution >= 4 is 22.6 Å². The Morgan fingerprint density at radius 1 is 1.12 bits per heavy atom. The summed E-state index contributed by atoms with van der Waals surface area (Å²) in [4.78, 5) is 24.2. The maximum absolute atomic E-state index is 13.5. The molecule has 1 fully saturated rings. The standard InChI is InChI=1S/C26H23FN4O2.3H2/c1-16-9-10-20-22(13-16)29-24(21-7-2-3-8-23(21)32)30-25(20)31-12-11-19(15-31)28-26(33)17-5-4-6-18(27)14-17;;;/h2-10,13-14,19,32H,11-12,15H2,1H3,(H,28,33);3*1H/t19-;;;/m1.../s1. The Hall–Kier alpha value is -4.00. The molecule has 33 heavy (non-hydrogen) atoms. The van der Waals surface area contributed by atoms with E-state index in [-0.39, 0.29) is 22.0 Å². The number of nitrogens with one attached hydrogen (secondary N) is 1. The fourth-order valence-electron chi connectivity index (χ4n) is 4.22. The average Bonchev–Trinajstić information content (AvgIpc) is 3.26. The van der Waals surface area contributed by atoms with E-state index in [9.17, 15) is 14.3 Å². The molecule has 0 aliphatic carbocycles. The highest BCUT2D eigenvalue weighted by Gasteiger charge is 2.27. The summed E-state index contributed by atoms with van der Waals surface area (Å²) in [5, 5.41) is 14.3. The number of halogens is 1. The number of aromatic nitrogens is 2. The van der Waals surface area contributed by atoms with Gasteiger partial charge in [0.1, 0.15) is 17.4 Å².